The Morgan fingerprint density at radius 3 is 2.27 bits per heavy atom. The predicted molar refractivity (Wildman–Crippen MR) is 128 cm³/mol. The number of halogens is 2. The molecule has 1 amide bonds. The van der Waals surface area contributed by atoms with Crippen LogP contribution in [-0.2, 0) is 11.3 Å². The molecule has 2 unspecified atom stereocenters. The summed E-state index contributed by atoms with van der Waals surface area (Å²) in [5, 5.41) is 3.14. The first-order valence-corrected chi connectivity index (χ1v) is 11.1. The Hall–Kier alpha value is -1.01. The van der Waals surface area contributed by atoms with Gasteiger partial charge >= 0.3 is 0 Å². The number of benzene rings is 1. The fraction of sp³-hybridized carbons (Fsp3) is 0.696. The number of fused-ring (bicyclic) bond motifs is 2. The van der Waals surface area contributed by atoms with Gasteiger partial charge in [0.2, 0.25) is 5.91 Å². The van der Waals surface area contributed by atoms with E-state index in [1.807, 2.05) is 24.3 Å². The van der Waals surface area contributed by atoms with Crippen LogP contribution in [0, 0.1) is 17.8 Å². The molecule has 3 N–H and O–H groups in total. The number of carbonyl (C=O) groups is 1. The maximum Gasteiger partial charge on any atom is 0.223 e. The zero-order valence-electron chi connectivity index (χ0n) is 18.3. The van der Waals surface area contributed by atoms with E-state index < -0.39 is 0 Å². The molecule has 2 bridgehead atoms. The summed E-state index contributed by atoms with van der Waals surface area (Å²) in [4.78, 5) is 15.0. The van der Waals surface area contributed by atoms with Crippen molar-refractivity contribution in [3.8, 4) is 5.75 Å². The average Bonchev–Trinajstić information content (AvgIpc) is 2.70. The first-order valence-electron chi connectivity index (χ1n) is 11.1. The average molecular weight is 460 g/mol. The highest BCUT2D eigenvalue weighted by Gasteiger charge is 2.40. The molecule has 172 valence electrons. The fourth-order valence-corrected chi connectivity index (χ4v) is 4.87. The van der Waals surface area contributed by atoms with Crippen molar-refractivity contribution in [2.24, 2.45) is 23.5 Å². The lowest BCUT2D eigenvalue weighted by Crippen LogP contribution is -2.49. The highest BCUT2D eigenvalue weighted by Crippen LogP contribution is 2.41. The number of likely N-dealkylation sites (N-methyl/N-ethyl adjacent to an activating group) is 1. The Morgan fingerprint density at radius 2 is 1.70 bits per heavy atom. The van der Waals surface area contributed by atoms with Crippen molar-refractivity contribution in [3.63, 3.8) is 0 Å². The van der Waals surface area contributed by atoms with Crippen LogP contribution in [0.5, 0.6) is 5.75 Å². The van der Waals surface area contributed by atoms with E-state index in [0.29, 0.717) is 31.0 Å². The molecule has 2 atom stereocenters. The van der Waals surface area contributed by atoms with Gasteiger partial charge < -0.3 is 20.7 Å². The largest absolute Gasteiger partial charge is 0.492 e. The van der Waals surface area contributed by atoms with Crippen LogP contribution in [-0.4, -0.2) is 43.1 Å². The molecule has 0 saturated heterocycles. The van der Waals surface area contributed by atoms with Gasteiger partial charge in [0.05, 0.1) is 0 Å². The molecule has 3 rings (SSSR count). The van der Waals surface area contributed by atoms with Gasteiger partial charge in [0, 0.05) is 25.0 Å². The van der Waals surface area contributed by atoms with Gasteiger partial charge in [-0.2, -0.15) is 0 Å². The molecule has 7 heteroatoms. The lowest BCUT2D eigenvalue weighted by molar-refractivity contribution is -0.128. The Bertz CT molecular complexity index is 611. The molecule has 30 heavy (non-hydrogen) atoms. The summed E-state index contributed by atoms with van der Waals surface area (Å²) in [5.41, 5.74) is 7.46. The van der Waals surface area contributed by atoms with Crippen LogP contribution in [0.25, 0.3) is 0 Å². The Balaban J connectivity index is 0.00000225. The van der Waals surface area contributed by atoms with Crippen LogP contribution in [0.1, 0.15) is 51.5 Å². The van der Waals surface area contributed by atoms with E-state index >= 15 is 0 Å². The standard InChI is InChI=1S/C23H37N3O2.2ClH/c1-3-26(4-2)12-13-28-21-10-8-17(9-11-21)16-25-23(27)20-14-18-6-5-7-19(15-20)22(18)24;;/h8-11,18-20,22H,3-7,12-16,24H2,1-2H3,(H,25,27);2*1H. The van der Waals surface area contributed by atoms with Gasteiger partial charge in [-0.05, 0) is 68.3 Å². The van der Waals surface area contributed by atoms with E-state index in [1.165, 1.54) is 19.3 Å². The molecule has 5 nitrogen and oxygen atoms in total. The van der Waals surface area contributed by atoms with E-state index in [-0.39, 0.29) is 36.6 Å². The van der Waals surface area contributed by atoms with Crippen molar-refractivity contribution in [2.75, 3.05) is 26.2 Å². The number of amides is 1. The van der Waals surface area contributed by atoms with Crippen LogP contribution in [0.3, 0.4) is 0 Å². The van der Waals surface area contributed by atoms with Crippen molar-refractivity contribution in [2.45, 2.75) is 58.5 Å². The monoisotopic (exact) mass is 459 g/mol. The molecular weight excluding hydrogens is 421 g/mol. The maximum atomic E-state index is 12.7. The van der Waals surface area contributed by atoms with Crippen molar-refractivity contribution >= 4 is 30.7 Å². The number of rotatable bonds is 9. The van der Waals surface area contributed by atoms with Crippen LogP contribution < -0.4 is 15.8 Å². The summed E-state index contributed by atoms with van der Waals surface area (Å²) < 4.78 is 5.83. The molecular formula is C23H39Cl2N3O2. The highest BCUT2D eigenvalue weighted by molar-refractivity contribution is 5.85. The molecule has 0 radical (unpaired) electrons. The van der Waals surface area contributed by atoms with E-state index in [0.717, 1.165) is 43.8 Å². The van der Waals surface area contributed by atoms with Crippen LogP contribution in [0.4, 0.5) is 0 Å². The second-order valence-electron chi connectivity index (χ2n) is 8.43. The predicted octanol–water partition coefficient (Wildman–Crippen LogP) is 4.02. The molecule has 2 saturated carbocycles. The molecule has 1 aromatic carbocycles. The summed E-state index contributed by atoms with van der Waals surface area (Å²) >= 11 is 0. The zero-order valence-corrected chi connectivity index (χ0v) is 20.0. The molecule has 1 aromatic rings. The number of carbonyl (C=O) groups excluding carboxylic acids is 1. The molecule has 0 aliphatic heterocycles. The van der Waals surface area contributed by atoms with E-state index in [9.17, 15) is 4.79 Å². The highest BCUT2D eigenvalue weighted by atomic mass is 35.5. The van der Waals surface area contributed by atoms with Gasteiger partial charge in [0.25, 0.3) is 0 Å². The Labute approximate surface area is 194 Å². The van der Waals surface area contributed by atoms with Crippen molar-refractivity contribution in [3.05, 3.63) is 29.8 Å². The van der Waals surface area contributed by atoms with Gasteiger partial charge in [-0.25, -0.2) is 0 Å². The number of nitrogens with one attached hydrogen (secondary N) is 1. The van der Waals surface area contributed by atoms with Crippen molar-refractivity contribution in [1.29, 1.82) is 0 Å². The van der Waals surface area contributed by atoms with Crippen molar-refractivity contribution < 1.29 is 9.53 Å². The summed E-state index contributed by atoms with van der Waals surface area (Å²) in [6.07, 6.45) is 5.58. The summed E-state index contributed by atoms with van der Waals surface area (Å²) in [5.74, 6) is 2.30. The van der Waals surface area contributed by atoms with E-state index in [2.05, 4.69) is 24.1 Å². The Morgan fingerprint density at radius 1 is 1.10 bits per heavy atom. The molecule has 0 heterocycles. The van der Waals surface area contributed by atoms with Gasteiger partial charge in [-0.15, -0.1) is 24.8 Å². The fourth-order valence-electron chi connectivity index (χ4n) is 4.87. The summed E-state index contributed by atoms with van der Waals surface area (Å²) in [7, 11) is 0. The molecule has 2 aliphatic carbocycles. The first kappa shape index (κ1) is 27.0. The number of hydrogen-bond acceptors (Lipinski definition) is 4. The molecule has 2 fully saturated rings. The van der Waals surface area contributed by atoms with Crippen molar-refractivity contribution in [1.82, 2.24) is 10.2 Å². The maximum absolute atomic E-state index is 12.7. The minimum Gasteiger partial charge on any atom is -0.492 e. The SMILES string of the molecule is CCN(CC)CCOc1ccc(CNC(=O)C2CC3CCCC(C2)C3N)cc1.Cl.Cl. The third-order valence-electron chi connectivity index (χ3n) is 6.74. The number of hydrogen-bond donors (Lipinski definition) is 2. The number of nitrogens with zero attached hydrogens (tertiary/aromatic N) is 1. The summed E-state index contributed by atoms with van der Waals surface area (Å²) in [6, 6.07) is 8.38. The van der Waals surface area contributed by atoms with Crippen LogP contribution in [0.15, 0.2) is 24.3 Å². The molecule has 0 spiro atoms. The second kappa shape index (κ2) is 13.4. The lowest BCUT2D eigenvalue weighted by atomic mass is 9.65. The van der Waals surface area contributed by atoms with E-state index in [4.69, 9.17) is 10.5 Å². The van der Waals surface area contributed by atoms with Crippen LogP contribution >= 0.6 is 24.8 Å². The normalized spacial score (nSPS) is 25.1. The van der Waals surface area contributed by atoms with Gasteiger partial charge in [-0.1, -0.05) is 32.4 Å². The number of ether oxygens (including phenoxy) is 1. The second-order valence-corrected chi connectivity index (χ2v) is 8.43. The smallest absolute Gasteiger partial charge is 0.223 e. The van der Waals surface area contributed by atoms with Gasteiger partial charge in [0.1, 0.15) is 12.4 Å². The molecule has 0 aromatic heterocycles. The molecule has 2 aliphatic rings. The summed E-state index contributed by atoms with van der Waals surface area (Å²) in [6.45, 7) is 8.65. The third kappa shape index (κ3) is 7.30. The third-order valence-corrected chi connectivity index (χ3v) is 6.74. The van der Waals surface area contributed by atoms with Crippen LogP contribution in [0.2, 0.25) is 0 Å². The zero-order chi connectivity index (χ0) is 19.9. The topological polar surface area (TPSA) is 67.6 Å². The minimum atomic E-state index is 0. The first-order chi connectivity index (χ1) is 13.6. The van der Waals surface area contributed by atoms with Gasteiger partial charge in [-0.3, -0.25) is 4.79 Å². The van der Waals surface area contributed by atoms with E-state index in [1.54, 1.807) is 0 Å². The number of nitrogens with two attached hydrogens (primary N) is 1. The minimum absolute atomic E-state index is 0. The van der Waals surface area contributed by atoms with Gasteiger partial charge in [0.15, 0.2) is 0 Å². The quantitative estimate of drug-likeness (QED) is 0.584. The lowest BCUT2D eigenvalue weighted by Gasteiger charge is -2.43. The Kier molecular flexibility index (Phi) is 12.1.